The molecule has 0 bridgehead atoms. The first kappa shape index (κ1) is 30.6. The number of fused-ring (bicyclic) bond motifs is 1. The number of nitrogens with one attached hydrogen (secondary N) is 2. The summed E-state index contributed by atoms with van der Waals surface area (Å²) in [4.78, 5) is 60.0. The number of aliphatic imine (C=N–C) groups is 1. The van der Waals surface area contributed by atoms with Crippen molar-refractivity contribution in [1.82, 2.24) is 15.5 Å². The molecule has 0 aromatic heterocycles. The standard InChI is InChI=1S/C29H38N6O7/c1-17(36)31-13-20-14-35(26(39)40-20)19-11-9-18(10-12-19)29(30-8)21-15-34(16-22(21)29)23(32-24(37)41-27(2,3)4)33-25(38)42-28(5,6)7/h9-12,20-22H,13-16H2,1-7H3,(H,31,36)(H,32,33,37,38)/t20-,21-,22+,29?/m0/s1. The maximum absolute atomic E-state index is 12.5. The summed E-state index contributed by atoms with van der Waals surface area (Å²) in [5.74, 6) is -0.315. The summed E-state index contributed by atoms with van der Waals surface area (Å²) < 4.78 is 16.0. The van der Waals surface area contributed by atoms with Crippen LogP contribution < -0.4 is 15.5 Å². The van der Waals surface area contributed by atoms with Crippen molar-refractivity contribution in [1.29, 1.82) is 0 Å². The molecule has 1 aliphatic carbocycles. The fraction of sp³-hybridized carbons (Fsp3) is 0.586. The number of rotatable bonds is 4. The molecular weight excluding hydrogens is 544 g/mol. The smallest absolute Gasteiger partial charge is 0.437 e. The van der Waals surface area contributed by atoms with Gasteiger partial charge in [0, 0.05) is 31.3 Å². The molecule has 1 saturated carbocycles. The number of benzene rings is 1. The number of carbonyl (C=O) groups excluding carboxylic acids is 4. The number of carbonyl (C=O) groups is 4. The summed E-state index contributed by atoms with van der Waals surface area (Å²) in [6.45, 7) is 21.1. The van der Waals surface area contributed by atoms with Gasteiger partial charge in [0.1, 0.15) is 17.3 Å². The van der Waals surface area contributed by atoms with E-state index in [0.29, 0.717) is 25.3 Å². The number of guanidine groups is 1. The topological polar surface area (TPSA) is 143 Å². The Morgan fingerprint density at radius 2 is 1.64 bits per heavy atom. The van der Waals surface area contributed by atoms with Gasteiger partial charge >= 0.3 is 18.3 Å². The Morgan fingerprint density at radius 1 is 1.05 bits per heavy atom. The molecule has 42 heavy (non-hydrogen) atoms. The number of cyclic esters (lactones) is 1. The molecule has 1 aromatic carbocycles. The van der Waals surface area contributed by atoms with Gasteiger partial charge in [0.2, 0.25) is 11.9 Å². The molecule has 13 heteroatoms. The number of hydrogen-bond donors (Lipinski definition) is 2. The molecule has 4 atom stereocenters. The Kier molecular flexibility index (Phi) is 8.13. The van der Waals surface area contributed by atoms with Gasteiger partial charge in [-0.25, -0.2) is 21.0 Å². The number of hydrogen-bond acceptors (Lipinski definition) is 7. The molecule has 2 aliphatic heterocycles. The highest BCUT2D eigenvalue weighted by atomic mass is 16.6. The summed E-state index contributed by atoms with van der Waals surface area (Å²) in [6.07, 6.45) is -2.54. The van der Waals surface area contributed by atoms with Crippen LogP contribution in [0.4, 0.5) is 20.1 Å². The molecule has 0 spiro atoms. The predicted molar refractivity (Wildman–Crippen MR) is 153 cm³/mol. The molecule has 2 N–H and O–H groups in total. The van der Waals surface area contributed by atoms with Crippen molar-refractivity contribution < 1.29 is 33.4 Å². The second-order valence-corrected chi connectivity index (χ2v) is 12.7. The molecule has 3 aliphatic rings. The number of anilines is 1. The van der Waals surface area contributed by atoms with E-state index in [1.165, 1.54) is 11.8 Å². The van der Waals surface area contributed by atoms with Crippen LogP contribution in [0.2, 0.25) is 0 Å². The van der Waals surface area contributed by atoms with Gasteiger partial charge in [0.15, 0.2) is 0 Å². The second kappa shape index (κ2) is 11.2. The third kappa shape index (κ3) is 6.75. The third-order valence-corrected chi connectivity index (χ3v) is 7.12. The average Bonchev–Trinajstić information content (AvgIpc) is 3.14. The largest absolute Gasteiger partial charge is 0.444 e. The van der Waals surface area contributed by atoms with Crippen molar-refractivity contribution in [3.8, 4) is 0 Å². The van der Waals surface area contributed by atoms with E-state index >= 15 is 0 Å². The van der Waals surface area contributed by atoms with Crippen LogP contribution in [0.15, 0.2) is 29.3 Å². The van der Waals surface area contributed by atoms with Crippen molar-refractivity contribution in [3.63, 3.8) is 0 Å². The molecule has 3 fully saturated rings. The van der Waals surface area contributed by atoms with Crippen LogP contribution in [-0.2, 0) is 24.5 Å². The molecule has 1 unspecified atom stereocenters. The van der Waals surface area contributed by atoms with Gasteiger partial charge in [0.25, 0.3) is 5.54 Å². The fourth-order valence-corrected chi connectivity index (χ4v) is 5.38. The van der Waals surface area contributed by atoms with Crippen LogP contribution in [-0.4, -0.2) is 78.5 Å². The molecule has 4 amide bonds. The minimum Gasteiger partial charge on any atom is -0.444 e. The lowest BCUT2D eigenvalue weighted by molar-refractivity contribution is -0.119. The fourth-order valence-electron chi connectivity index (χ4n) is 5.38. The number of alkyl carbamates (subject to hydrolysis) is 1. The van der Waals surface area contributed by atoms with Crippen molar-refractivity contribution in [2.75, 3.05) is 31.1 Å². The number of ether oxygens (including phenoxy) is 3. The minimum absolute atomic E-state index is 0.0151. The lowest BCUT2D eigenvalue weighted by Crippen LogP contribution is -2.47. The Balaban J connectivity index is 1.46. The van der Waals surface area contributed by atoms with Gasteiger partial charge in [-0.3, -0.25) is 15.0 Å². The summed E-state index contributed by atoms with van der Waals surface area (Å²) >= 11 is 0. The van der Waals surface area contributed by atoms with Crippen molar-refractivity contribution in [2.45, 2.75) is 71.3 Å². The Hall–Kier alpha value is -4.34. The lowest BCUT2D eigenvalue weighted by atomic mass is 9.99. The van der Waals surface area contributed by atoms with E-state index in [0.717, 1.165) is 5.56 Å². The van der Waals surface area contributed by atoms with E-state index < -0.39 is 41.1 Å². The van der Waals surface area contributed by atoms with E-state index in [-0.39, 0.29) is 30.2 Å². The average molecular weight is 583 g/mol. The van der Waals surface area contributed by atoms with Gasteiger partial charge in [-0.05, 0) is 65.8 Å². The molecule has 2 saturated heterocycles. The van der Waals surface area contributed by atoms with Crippen LogP contribution in [0.1, 0.15) is 54.0 Å². The first-order valence-electron chi connectivity index (χ1n) is 13.8. The van der Waals surface area contributed by atoms with E-state index in [2.05, 4.69) is 20.5 Å². The Labute approximate surface area is 245 Å². The van der Waals surface area contributed by atoms with Crippen LogP contribution in [0, 0.1) is 18.4 Å². The van der Waals surface area contributed by atoms with E-state index in [4.69, 9.17) is 20.8 Å². The second-order valence-electron chi connectivity index (χ2n) is 12.7. The summed E-state index contributed by atoms with van der Waals surface area (Å²) in [7, 11) is 0. The van der Waals surface area contributed by atoms with Gasteiger partial charge in [0.05, 0.1) is 24.9 Å². The van der Waals surface area contributed by atoms with E-state index in [9.17, 15) is 19.2 Å². The van der Waals surface area contributed by atoms with Gasteiger partial charge in [-0.15, -0.1) is 4.99 Å². The zero-order valence-corrected chi connectivity index (χ0v) is 25.0. The SMILES string of the molecule is [C-]#[N+]C1(c2ccc(N3C[C@H](CNC(C)=O)OC3=O)cc2)[C@@H]2CN(/C(=N\C(=O)OC(C)(C)C)NC(=O)OC(C)(C)C)C[C@@H]21. The molecule has 13 nitrogen and oxygen atoms in total. The maximum Gasteiger partial charge on any atom is 0.437 e. The first-order chi connectivity index (χ1) is 19.5. The monoisotopic (exact) mass is 582 g/mol. The Morgan fingerprint density at radius 3 is 2.17 bits per heavy atom. The van der Waals surface area contributed by atoms with Gasteiger partial charge < -0.3 is 29.3 Å². The minimum atomic E-state index is -0.846. The van der Waals surface area contributed by atoms with Crippen LogP contribution in [0.5, 0.6) is 0 Å². The van der Waals surface area contributed by atoms with Crippen molar-refractivity contribution in [2.24, 2.45) is 16.8 Å². The highest BCUT2D eigenvalue weighted by Gasteiger charge is 2.77. The predicted octanol–water partition coefficient (Wildman–Crippen LogP) is 3.64. The first-order valence-corrected chi connectivity index (χ1v) is 13.8. The number of likely N-dealkylation sites (tertiary alicyclic amines) is 1. The van der Waals surface area contributed by atoms with Gasteiger partial charge in [-0.1, -0.05) is 0 Å². The van der Waals surface area contributed by atoms with Crippen LogP contribution in [0.25, 0.3) is 4.85 Å². The van der Waals surface area contributed by atoms with Crippen molar-refractivity contribution >= 4 is 35.8 Å². The maximum atomic E-state index is 12.5. The Bertz CT molecular complexity index is 1310. The van der Waals surface area contributed by atoms with Crippen LogP contribution >= 0.6 is 0 Å². The zero-order chi connectivity index (χ0) is 31.0. The van der Waals surface area contributed by atoms with E-state index in [1.54, 1.807) is 58.6 Å². The van der Waals surface area contributed by atoms with Crippen molar-refractivity contribution in [3.05, 3.63) is 41.2 Å². The summed E-state index contributed by atoms with van der Waals surface area (Å²) in [6, 6.07) is 7.27. The molecule has 1 aromatic rings. The number of amides is 4. The number of piperidine rings is 1. The normalized spacial score (nSPS) is 25.2. The molecular formula is C29H38N6O7. The molecule has 226 valence electrons. The third-order valence-electron chi connectivity index (χ3n) is 7.12. The molecule has 2 heterocycles. The summed E-state index contributed by atoms with van der Waals surface area (Å²) in [5.41, 5.74) is -0.831. The highest BCUT2D eigenvalue weighted by molar-refractivity contribution is 5.99. The highest BCUT2D eigenvalue weighted by Crippen LogP contribution is 2.64. The van der Waals surface area contributed by atoms with Gasteiger partial charge in [-0.2, -0.15) is 0 Å². The zero-order valence-electron chi connectivity index (χ0n) is 25.0. The van der Waals surface area contributed by atoms with Crippen LogP contribution in [0.3, 0.4) is 0 Å². The lowest BCUT2D eigenvalue weighted by Gasteiger charge is -2.26. The number of nitrogens with zero attached hydrogens (tertiary/aromatic N) is 4. The molecule has 4 rings (SSSR count). The van der Waals surface area contributed by atoms with E-state index in [1.807, 2.05) is 12.1 Å². The summed E-state index contributed by atoms with van der Waals surface area (Å²) in [5, 5.41) is 5.24. The molecule has 0 radical (unpaired) electrons. The quantitative estimate of drug-likeness (QED) is 0.237.